The van der Waals surface area contributed by atoms with Gasteiger partial charge in [-0.05, 0) is 66.1 Å². The van der Waals surface area contributed by atoms with Crippen LogP contribution in [0.25, 0.3) is 0 Å². The van der Waals surface area contributed by atoms with Gasteiger partial charge in [-0.15, -0.1) is 0 Å². The Morgan fingerprint density at radius 2 is 1.64 bits per heavy atom. The molecule has 0 radical (unpaired) electrons. The molecule has 36 heavy (non-hydrogen) atoms. The van der Waals surface area contributed by atoms with Crippen LogP contribution in [0.5, 0.6) is 23.0 Å². The highest BCUT2D eigenvalue weighted by Gasteiger charge is 2.34. The van der Waals surface area contributed by atoms with Crippen molar-refractivity contribution in [3.63, 3.8) is 0 Å². The fourth-order valence-corrected chi connectivity index (χ4v) is 4.93. The molecule has 1 heterocycles. The molecule has 0 spiro atoms. The highest BCUT2D eigenvalue weighted by atomic mass is 32.2. The third kappa shape index (κ3) is 5.51. The molecule has 190 valence electrons. The number of alkyl halides is 2. The molecular formula is C27H27F2NO5S. The number of amides is 1. The summed E-state index contributed by atoms with van der Waals surface area (Å²) in [5, 5.41) is 0. The lowest BCUT2D eigenvalue weighted by atomic mass is 9.91. The van der Waals surface area contributed by atoms with Crippen LogP contribution in [0, 0.1) is 0 Å². The van der Waals surface area contributed by atoms with Gasteiger partial charge in [0.15, 0.2) is 11.5 Å². The average Bonchev–Trinajstić information content (AvgIpc) is 2.90. The Kier molecular flexibility index (Phi) is 8.20. The van der Waals surface area contributed by atoms with Gasteiger partial charge in [0.05, 0.1) is 32.9 Å². The SMILES string of the molecule is COc1ccc(OCC2c3cc(OC)c(OC)cc3CCN2C(=O)c2ccccc2SC(F)F)cc1. The highest BCUT2D eigenvalue weighted by Crippen LogP contribution is 2.40. The molecule has 0 bridgehead atoms. The van der Waals surface area contributed by atoms with Crippen molar-refractivity contribution in [3.8, 4) is 23.0 Å². The van der Waals surface area contributed by atoms with E-state index < -0.39 is 11.8 Å². The number of halogens is 2. The Morgan fingerprint density at radius 1 is 0.972 bits per heavy atom. The van der Waals surface area contributed by atoms with Crippen molar-refractivity contribution in [2.45, 2.75) is 23.1 Å². The highest BCUT2D eigenvalue weighted by molar-refractivity contribution is 7.99. The number of carbonyl (C=O) groups is 1. The van der Waals surface area contributed by atoms with E-state index in [0.717, 1.165) is 11.1 Å². The minimum Gasteiger partial charge on any atom is -0.497 e. The summed E-state index contributed by atoms with van der Waals surface area (Å²) in [6.07, 6.45) is 0.574. The summed E-state index contributed by atoms with van der Waals surface area (Å²) in [6.45, 7) is 0.552. The maximum absolute atomic E-state index is 13.7. The topological polar surface area (TPSA) is 57.2 Å². The minimum absolute atomic E-state index is 0.157. The molecule has 9 heteroatoms. The van der Waals surface area contributed by atoms with Crippen molar-refractivity contribution in [2.75, 3.05) is 34.5 Å². The summed E-state index contributed by atoms with van der Waals surface area (Å²) in [6, 6.07) is 16.9. The first kappa shape index (κ1) is 25.6. The summed E-state index contributed by atoms with van der Waals surface area (Å²) in [7, 11) is 4.71. The molecule has 6 nitrogen and oxygen atoms in total. The fraction of sp³-hybridized carbons (Fsp3) is 0.296. The van der Waals surface area contributed by atoms with E-state index in [4.69, 9.17) is 18.9 Å². The summed E-state index contributed by atoms with van der Waals surface area (Å²) >= 11 is 0.368. The maximum atomic E-state index is 13.7. The van der Waals surface area contributed by atoms with Crippen molar-refractivity contribution < 1.29 is 32.5 Å². The number of methoxy groups -OCH3 is 3. The third-order valence-electron chi connectivity index (χ3n) is 6.06. The van der Waals surface area contributed by atoms with Crippen LogP contribution in [0.2, 0.25) is 0 Å². The zero-order valence-corrected chi connectivity index (χ0v) is 21.0. The number of ether oxygens (including phenoxy) is 4. The van der Waals surface area contributed by atoms with E-state index >= 15 is 0 Å². The molecular weight excluding hydrogens is 488 g/mol. The van der Waals surface area contributed by atoms with E-state index in [1.54, 1.807) is 74.8 Å². The van der Waals surface area contributed by atoms with Crippen molar-refractivity contribution in [2.24, 2.45) is 0 Å². The van der Waals surface area contributed by atoms with Crippen LogP contribution < -0.4 is 18.9 Å². The van der Waals surface area contributed by atoms with Crippen LogP contribution in [-0.2, 0) is 6.42 Å². The Balaban J connectivity index is 1.70. The molecule has 4 rings (SSSR count). The third-order valence-corrected chi connectivity index (χ3v) is 6.85. The number of hydrogen-bond acceptors (Lipinski definition) is 6. The zero-order valence-electron chi connectivity index (χ0n) is 20.2. The maximum Gasteiger partial charge on any atom is 0.288 e. The largest absolute Gasteiger partial charge is 0.497 e. The minimum atomic E-state index is -2.63. The van der Waals surface area contributed by atoms with Crippen molar-refractivity contribution in [1.29, 1.82) is 0 Å². The predicted molar refractivity (Wildman–Crippen MR) is 134 cm³/mol. The molecule has 0 aromatic heterocycles. The van der Waals surface area contributed by atoms with Crippen molar-refractivity contribution >= 4 is 17.7 Å². The van der Waals surface area contributed by atoms with Crippen LogP contribution >= 0.6 is 11.8 Å². The van der Waals surface area contributed by atoms with E-state index in [1.165, 1.54) is 0 Å². The standard InChI is InChI=1S/C27H27F2NO5S/c1-32-18-8-10-19(11-9-18)35-16-22-21-15-24(34-3)23(33-2)14-17(21)12-13-30(22)26(31)20-6-4-5-7-25(20)36-27(28)29/h4-11,14-15,22,27H,12-13,16H2,1-3H3. The van der Waals surface area contributed by atoms with Gasteiger partial charge in [-0.3, -0.25) is 4.79 Å². The van der Waals surface area contributed by atoms with Gasteiger partial charge >= 0.3 is 0 Å². The molecule has 1 amide bonds. The molecule has 3 aromatic carbocycles. The monoisotopic (exact) mass is 515 g/mol. The Hall–Kier alpha value is -3.46. The van der Waals surface area contributed by atoms with Crippen LogP contribution in [-0.4, -0.2) is 51.0 Å². The molecule has 3 aromatic rings. The summed E-state index contributed by atoms with van der Waals surface area (Å²) < 4.78 is 48.6. The van der Waals surface area contributed by atoms with Gasteiger partial charge in [-0.2, -0.15) is 8.78 Å². The van der Waals surface area contributed by atoms with Gasteiger partial charge in [0, 0.05) is 11.4 Å². The van der Waals surface area contributed by atoms with Crippen LogP contribution in [0.4, 0.5) is 8.78 Å². The Labute approximate surface area is 213 Å². The first-order valence-corrected chi connectivity index (χ1v) is 12.2. The molecule has 0 saturated heterocycles. The van der Waals surface area contributed by atoms with E-state index in [1.807, 2.05) is 12.1 Å². The molecule has 0 aliphatic carbocycles. The van der Waals surface area contributed by atoms with E-state index in [-0.39, 0.29) is 23.0 Å². The van der Waals surface area contributed by atoms with Crippen LogP contribution in [0.15, 0.2) is 65.6 Å². The first-order valence-electron chi connectivity index (χ1n) is 11.3. The lowest BCUT2D eigenvalue weighted by molar-refractivity contribution is 0.0585. The smallest absolute Gasteiger partial charge is 0.288 e. The number of benzene rings is 3. The van der Waals surface area contributed by atoms with E-state index in [9.17, 15) is 13.6 Å². The van der Waals surface area contributed by atoms with Gasteiger partial charge in [0.25, 0.3) is 11.7 Å². The lowest BCUT2D eigenvalue weighted by Gasteiger charge is -2.38. The Morgan fingerprint density at radius 3 is 2.31 bits per heavy atom. The van der Waals surface area contributed by atoms with E-state index in [2.05, 4.69) is 0 Å². The quantitative estimate of drug-likeness (QED) is 0.334. The molecule has 1 aliphatic heterocycles. The number of thioether (sulfide) groups is 1. The molecule has 0 saturated carbocycles. The van der Waals surface area contributed by atoms with E-state index in [0.29, 0.717) is 47.7 Å². The van der Waals surface area contributed by atoms with Gasteiger partial charge in [-0.25, -0.2) is 0 Å². The van der Waals surface area contributed by atoms with Crippen molar-refractivity contribution in [3.05, 3.63) is 77.4 Å². The number of nitrogens with zero attached hydrogens (tertiary/aromatic N) is 1. The van der Waals surface area contributed by atoms with Gasteiger partial charge in [0.2, 0.25) is 0 Å². The molecule has 0 N–H and O–H groups in total. The lowest BCUT2D eigenvalue weighted by Crippen LogP contribution is -2.42. The second-order valence-electron chi connectivity index (χ2n) is 8.03. The summed E-state index contributed by atoms with van der Waals surface area (Å²) in [5.74, 6) is -0.510. The number of fused-ring (bicyclic) bond motifs is 1. The second kappa shape index (κ2) is 11.5. The molecule has 0 fully saturated rings. The number of carbonyl (C=O) groups excluding carboxylic acids is 1. The second-order valence-corrected chi connectivity index (χ2v) is 9.06. The van der Waals surface area contributed by atoms with Gasteiger partial charge in [-0.1, -0.05) is 23.9 Å². The van der Waals surface area contributed by atoms with Gasteiger partial charge in [0.1, 0.15) is 18.1 Å². The van der Waals surface area contributed by atoms with Crippen molar-refractivity contribution in [1.82, 2.24) is 4.90 Å². The zero-order chi connectivity index (χ0) is 25.7. The van der Waals surface area contributed by atoms with Gasteiger partial charge < -0.3 is 23.8 Å². The summed E-state index contributed by atoms with van der Waals surface area (Å²) in [4.78, 5) is 15.7. The first-order chi connectivity index (χ1) is 17.4. The molecule has 1 atom stereocenters. The Bertz CT molecular complexity index is 1210. The molecule has 1 unspecified atom stereocenters. The average molecular weight is 516 g/mol. The summed E-state index contributed by atoms with van der Waals surface area (Å²) in [5.41, 5.74) is 2.11. The normalized spacial score (nSPS) is 14.8. The van der Waals surface area contributed by atoms with Crippen LogP contribution in [0.1, 0.15) is 27.5 Å². The fourth-order valence-electron chi connectivity index (χ4n) is 4.29. The number of rotatable bonds is 9. The number of hydrogen-bond donors (Lipinski definition) is 0. The predicted octanol–water partition coefficient (Wildman–Crippen LogP) is 5.85. The van der Waals surface area contributed by atoms with Crippen LogP contribution in [0.3, 0.4) is 0 Å². The molecule has 1 aliphatic rings.